The zero-order valence-corrected chi connectivity index (χ0v) is 38.8. The minimum Gasteiger partial charge on any atom is -0.744 e. The predicted molar refractivity (Wildman–Crippen MR) is 243 cm³/mol. The van der Waals surface area contributed by atoms with Crippen molar-refractivity contribution in [1.29, 1.82) is 0 Å². The summed E-state index contributed by atoms with van der Waals surface area (Å²) in [7, 11) is -9.16. The SMILES string of the molecule is CC1(C)/C(=C\C=C2/CCCC(/C=C/C3[NH+](CCCCCC(=O)O)c4ccc(S(=O)(=O)[O-])cc4C3(C)C)=C2Cl)N(CCCCN2C(=O)c3ccccc3C2=O)c2ccc(S(=O)(=O)O)cc21. The summed E-state index contributed by atoms with van der Waals surface area (Å²) in [6.07, 6.45) is 13.7. The fourth-order valence-electron chi connectivity index (χ4n) is 9.82. The van der Waals surface area contributed by atoms with Crippen LogP contribution in [0.25, 0.3) is 0 Å². The van der Waals surface area contributed by atoms with E-state index < -0.39 is 37.0 Å². The second-order valence-corrected chi connectivity index (χ2v) is 21.3. The summed E-state index contributed by atoms with van der Waals surface area (Å²) < 4.78 is 70.6. The third-order valence-corrected chi connectivity index (χ3v) is 15.4. The number of imide groups is 1. The third kappa shape index (κ3) is 9.29. The van der Waals surface area contributed by atoms with E-state index in [2.05, 4.69) is 11.0 Å². The van der Waals surface area contributed by atoms with E-state index in [9.17, 15) is 40.3 Å². The van der Waals surface area contributed by atoms with Crippen LogP contribution < -0.4 is 9.80 Å². The van der Waals surface area contributed by atoms with E-state index in [1.807, 2.05) is 45.9 Å². The van der Waals surface area contributed by atoms with Crippen LogP contribution in [0.2, 0.25) is 0 Å². The highest BCUT2D eigenvalue weighted by atomic mass is 35.5. The molecule has 3 aromatic rings. The number of hydrogen-bond acceptors (Lipinski definition) is 9. The molecule has 4 aliphatic rings. The van der Waals surface area contributed by atoms with Crippen molar-refractivity contribution in [2.24, 2.45) is 0 Å². The molecule has 7 rings (SSSR count). The fraction of sp³-hybridized carbons (Fsp3) is 0.396. The average Bonchev–Trinajstić information content (AvgIpc) is 3.70. The van der Waals surface area contributed by atoms with E-state index in [1.165, 1.54) is 29.2 Å². The second-order valence-electron chi connectivity index (χ2n) is 18.1. The summed E-state index contributed by atoms with van der Waals surface area (Å²) in [4.78, 5) is 41.2. The van der Waals surface area contributed by atoms with Crippen molar-refractivity contribution in [3.63, 3.8) is 0 Å². The molecule has 0 saturated carbocycles. The zero-order valence-electron chi connectivity index (χ0n) is 36.4. The molecule has 0 saturated heterocycles. The normalized spacial score (nSPS) is 21.7. The number of rotatable bonds is 16. The van der Waals surface area contributed by atoms with Gasteiger partial charge in [-0.3, -0.25) is 28.7 Å². The molecule has 0 spiro atoms. The van der Waals surface area contributed by atoms with Gasteiger partial charge in [0.05, 0.1) is 32.9 Å². The summed E-state index contributed by atoms with van der Waals surface area (Å²) in [6.45, 7) is 9.46. The van der Waals surface area contributed by atoms with Gasteiger partial charge in [0.2, 0.25) is 0 Å². The smallest absolute Gasteiger partial charge is 0.303 e. The number of fused-ring (bicyclic) bond motifs is 3. The Morgan fingerprint density at radius 3 is 2.12 bits per heavy atom. The van der Waals surface area contributed by atoms with E-state index in [-0.39, 0.29) is 40.6 Å². The van der Waals surface area contributed by atoms with Gasteiger partial charge in [0.1, 0.15) is 21.8 Å². The van der Waals surface area contributed by atoms with Crippen molar-refractivity contribution in [2.45, 2.75) is 112 Å². The third-order valence-electron chi connectivity index (χ3n) is 13.3. The van der Waals surface area contributed by atoms with Crippen LogP contribution in [0, 0.1) is 0 Å². The lowest BCUT2D eigenvalue weighted by atomic mass is 9.80. The van der Waals surface area contributed by atoms with Crippen molar-refractivity contribution < 1.29 is 50.3 Å². The first kappa shape index (κ1) is 47.1. The van der Waals surface area contributed by atoms with Crippen LogP contribution in [0.15, 0.2) is 117 Å². The summed E-state index contributed by atoms with van der Waals surface area (Å²) in [6, 6.07) is 15.8. The van der Waals surface area contributed by atoms with Crippen LogP contribution in [0.3, 0.4) is 0 Å². The molecule has 3 heterocycles. The van der Waals surface area contributed by atoms with Crippen LogP contribution in [0.4, 0.5) is 11.4 Å². The highest BCUT2D eigenvalue weighted by Gasteiger charge is 2.48. The quantitative estimate of drug-likeness (QED) is 0.0729. The van der Waals surface area contributed by atoms with E-state index in [4.69, 9.17) is 16.7 Å². The molecular formula is C48H54ClN3O10S2. The highest BCUT2D eigenvalue weighted by Crippen LogP contribution is 2.49. The number of hydrogen-bond donors (Lipinski definition) is 3. The van der Waals surface area contributed by atoms with Gasteiger partial charge in [-0.2, -0.15) is 8.42 Å². The number of nitrogens with zero attached hydrogens (tertiary/aromatic N) is 2. The Morgan fingerprint density at radius 1 is 0.844 bits per heavy atom. The summed E-state index contributed by atoms with van der Waals surface area (Å²) in [5, 5.41) is 9.74. The molecule has 0 radical (unpaired) electrons. The summed E-state index contributed by atoms with van der Waals surface area (Å²) >= 11 is 7.23. The Balaban J connectivity index is 1.16. The van der Waals surface area contributed by atoms with E-state index in [0.717, 1.165) is 63.5 Å². The number of carbonyl (C=O) groups is 3. The zero-order chi connectivity index (χ0) is 46.4. The lowest BCUT2D eigenvalue weighted by molar-refractivity contribution is -0.850. The maximum atomic E-state index is 13.0. The Morgan fingerprint density at radius 2 is 1.48 bits per heavy atom. The first-order valence-electron chi connectivity index (χ1n) is 21.6. The number of allylic oxidation sites excluding steroid dienone is 7. The number of anilines is 1. The molecule has 16 heteroatoms. The number of carbonyl (C=O) groups excluding carboxylic acids is 2. The minimum absolute atomic E-state index is 0.0866. The van der Waals surface area contributed by atoms with Crippen molar-refractivity contribution in [2.75, 3.05) is 24.5 Å². The molecular weight excluding hydrogens is 878 g/mol. The van der Waals surface area contributed by atoms with Gasteiger partial charge in [0.25, 0.3) is 21.9 Å². The number of halogens is 1. The van der Waals surface area contributed by atoms with Crippen LogP contribution in [0.1, 0.15) is 117 Å². The van der Waals surface area contributed by atoms with Gasteiger partial charge in [-0.1, -0.05) is 49.7 Å². The number of carboxylic acid groups (broad SMARTS) is 1. The van der Waals surface area contributed by atoms with Gasteiger partial charge in [-0.25, -0.2) is 8.42 Å². The number of aliphatic carboxylic acids is 1. The van der Waals surface area contributed by atoms with Crippen LogP contribution in [-0.2, 0) is 35.9 Å². The number of amides is 2. The Kier molecular flexibility index (Phi) is 13.4. The summed E-state index contributed by atoms with van der Waals surface area (Å²) in [5.41, 5.74) is 5.43. The van der Waals surface area contributed by atoms with Gasteiger partial charge in [0.15, 0.2) is 0 Å². The lowest BCUT2D eigenvalue weighted by Crippen LogP contribution is -3.10. The number of nitrogens with one attached hydrogen (secondary N) is 1. The van der Waals surface area contributed by atoms with Crippen LogP contribution in [0.5, 0.6) is 0 Å². The second kappa shape index (κ2) is 18.2. The van der Waals surface area contributed by atoms with Crippen LogP contribution >= 0.6 is 11.6 Å². The number of unbranched alkanes of at least 4 members (excludes halogenated alkanes) is 3. The largest absolute Gasteiger partial charge is 0.744 e. The molecule has 0 fully saturated rings. The molecule has 3 aromatic carbocycles. The minimum atomic E-state index is -4.68. The van der Waals surface area contributed by atoms with Crippen molar-refractivity contribution in [3.05, 3.63) is 129 Å². The molecule has 2 unspecified atom stereocenters. The molecule has 340 valence electrons. The molecule has 1 aliphatic carbocycles. The molecule has 2 amide bonds. The Hall–Kier alpha value is -4.90. The fourth-order valence-corrected chi connectivity index (χ4v) is 11.1. The molecule has 64 heavy (non-hydrogen) atoms. The predicted octanol–water partition coefficient (Wildman–Crippen LogP) is 7.58. The van der Waals surface area contributed by atoms with Crippen molar-refractivity contribution in [1.82, 2.24) is 4.90 Å². The number of benzene rings is 3. The molecule has 0 aromatic heterocycles. The van der Waals surface area contributed by atoms with Crippen molar-refractivity contribution >= 4 is 61.0 Å². The van der Waals surface area contributed by atoms with E-state index in [1.54, 1.807) is 36.4 Å². The molecule has 3 N–H and O–H groups in total. The maximum Gasteiger partial charge on any atom is 0.303 e. The van der Waals surface area contributed by atoms with Crippen molar-refractivity contribution in [3.8, 4) is 0 Å². The van der Waals surface area contributed by atoms with Gasteiger partial charge in [-0.15, -0.1) is 0 Å². The number of quaternary nitrogens is 1. The van der Waals surface area contributed by atoms with Gasteiger partial charge in [-0.05, 0) is 137 Å². The first-order valence-corrected chi connectivity index (χ1v) is 24.9. The molecule has 13 nitrogen and oxygen atoms in total. The van der Waals surface area contributed by atoms with Gasteiger partial charge in [0, 0.05) is 53.0 Å². The lowest BCUT2D eigenvalue weighted by Gasteiger charge is -2.28. The summed E-state index contributed by atoms with van der Waals surface area (Å²) in [5.74, 6) is -1.46. The van der Waals surface area contributed by atoms with Crippen LogP contribution in [-0.4, -0.2) is 79.4 Å². The highest BCUT2D eigenvalue weighted by molar-refractivity contribution is 7.86. The Labute approximate surface area is 380 Å². The van der Waals surface area contributed by atoms with E-state index in [0.29, 0.717) is 61.4 Å². The molecule has 3 aliphatic heterocycles. The van der Waals surface area contributed by atoms with Gasteiger partial charge < -0.3 is 14.6 Å². The monoisotopic (exact) mass is 931 g/mol. The molecule has 0 bridgehead atoms. The maximum absolute atomic E-state index is 13.0. The van der Waals surface area contributed by atoms with Gasteiger partial charge >= 0.3 is 5.97 Å². The standard InChI is InChI=1S/C48H54ClN3O10S2/c1-47(2)37-29-33(63(57,58)59)20-22-39(37)50(26-9-5-6-17-43(53)54)41(47)24-18-31-13-12-14-32(44(31)49)19-25-42-48(3,4)38-30-34(64(60,61)62)21-23-40(38)51(42)27-10-11-28-52-45(55)35-15-7-8-16-36(35)46(52)56/h7-8,15-16,18-25,29-30,41H,5-6,9-14,17,26-28H2,1-4H3,(H,53,54)(H,57,58,59)(H,60,61,62)/b24-18+,32-19+,42-25+. The molecule has 2 atom stereocenters. The Bertz CT molecular complexity index is 2720. The average molecular weight is 933 g/mol. The van der Waals surface area contributed by atoms with E-state index >= 15 is 0 Å². The number of carboxylic acids is 1. The first-order chi connectivity index (χ1) is 30.1. The topological polar surface area (TPSA) is 194 Å².